The monoisotopic (exact) mass is 362 g/mol. The average molecular weight is 362 g/mol. The summed E-state index contributed by atoms with van der Waals surface area (Å²) in [5.41, 5.74) is 0.515. The zero-order chi connectivity index (χ0) is 18.8. The molecule has 0 aliphatic heterocycles. The third kappa shape index (κ3) is 3.32. The molecule has 8 nitrogen and oxygen atoms in total. The summed E-state index contributed by atoms with van der Waals surface area (Å²) in [5, 5.41) is 19.3. The molecule has 1 aromatic heterocycles. The quantitative estimate of drug-likeness (QED) is 0.683. The van der Waals surface area contributed by atoms with E-state index in [4.69, 9.17) is 0 Å². The second-order valence-corrected chi connectivity index (χ2v) is 7.22. The van der Waals surface area contributed by atoms with Crippen molar-refractivity contribution in [2.24, 2.45) is 23.7 Å². The summed E-state index contributed by atoms with van der Waals surface area (Å²) >= 11 is 0. The first-order valence-corrected chi connectivity index (χ1v) is 9.35. The zero-order valence-corrected chi connectivity index (χ0v) is 15.2. The van der Waals surface area contributed by atoms with Gasteiger partial charge in [0, 0.05) is 19.3 Å². The van der Waals surface area contributed by atoms with Gasteiger partial charge in [0.25, 0.3) is 5.91 Å². The number of carboxylic acids is 1. The van der Waals surface area contributed by atoms with E-state index in [0.717, 1.165) is 25.7 Å². The van der Waals surface area contributed by atoms with Gasteiger partial charge in [0.1, 0.15) is 0 Å². The number of amides is 2. The van der Waals surface area contributed by atoms with Crippen molar-refractivity contribution in [2.45, 2.75) is 46.1 Å². The Balaban J connectivity index is 1.79. The standard InChI is InChI=1S/C18H26N4O4/c1-3-7-19-17(24)15-12(9-22(4-2)21-15)20-16(23)13-10-5-6-11(8-10)14(13)18(25)26/h9-11,13-14H,3-8H2,1-2H3,(H,19,24)(H,20,23)(H,25,26)/t10-,11-,13-,14-/m0/s1. The van der Waals surface area contributed by atoms with E-state index in [2.05, 4.69) is 15.7 Å². The van der Waals surface area contributed by atoms with E-state index in [1.165, 1.54) is 0 Å². The first-order chi connectivity index (χ1) is 12.5. The summed E-state index contributed by atoms with van der Waals surface area (Å²) in [6, 6.07) is 0. The number of carbonyl (C=O) groups excluding carboxylic acids is 2. The first-order valence-electron chi connectivity index (χ1n) is 9.35. The van der Waals surface area contributed by atoms with Gasteiger partial charge >= 0.3 is 5.97 Å². The molecule has 142 valence electrons. The van der Waals surface area contributed by atoms with Gasteiger partial charge in [-0.25, -0.2) is 0 Å². The number of hydrogen-bond acceptors (Lipinski definition) is 4. The van der Waals surface area contributed by atoms with Gasteiger partial charge in [-0.1, -0.05) is 6.92 Å². The van der Waals surface area contributed by atoms with Gasteiger partial charge in [-0.2, -0.15) is 5.10 Å². The Bertz CT molecular complexity index is 714. The van der Waals surface area contributed by atoms with Crippen molar-refractivity contribution in [3.05, 3.63) is 11.9 Å². The van der Waals surface area contributed by atoms with Crippen molar-refractivity contribution < 1.29 is 19.5 Å². The largest absolute Gasteiger partial charge is 0.481 e. The number of nitrogens with one attached hydrogen (secondary N) is 2. The summed E-state index contributed by atoms with van der Waals surface area (Å²) in [6.45, 7) is 4.94. The van der Waals surface area contributed by atoms with Gasteiger partial charge in [-0.15, -0.1) is 0 Å². The Kier molecular flexibility index (Phi) is 5.29. The molecular weight excluding hydrogens is 336 g/mol. The van der Waals surface area contributed by atoms with Crippen LogP contribution in [0, 0.1) is 23.7 Å². The molecule has 0 radical (unpaired) electrons. The van der Waals surface area contributed by atoms with Gasteiger partial charge < -0.3 is 15.7 Å². The van der Waals surface area contributed by atoms with E-state index in [1.54, 1.807) is 10.9 Å². The van der Waals surface area contributed by atoms with Crippen LogP contribution in [-0.4, -0.2) is 39.2 Å². The predicted molar refractivity (Wildman–Crippen MR) is 94.6 cm³/mol. The molecule has 2 aliphatic rings. The lowest BCUT2D eigenvalue weighted by molar-refractivity contribution is -0.148. The van der Waals surface area contributed by atoms with Gasteiger partial charge in [-0.3, -0.25) is 19.1 Å². The van der Waals surface area contributed by atoms with Crippen LogP contribution in [-0.2, 0) is 16.1 Å². The highest BCUT2D eigenvalue weighted by atomic mass is 16.4. The summed E-state index contributed by atoms with van der Waals surface area (Å²) in [4.78, 5) is 36.8. The van der Waals surface area contributed by atoms with Gasteiger partial charge in [0.05, 0.1) is 17.5 Å². The molecule has 3 N–H and O–H groups in total. The fourth-order valence-corrected chi connectivity index (χ4v) is 4.40. The summed E-state index contributed by atoms with van der Waals surface area (Å²) in [7, 11) is 0. The van der Waals surface area contributed by atoms with E-state index in [0.29, 0.717) is 18.8 Å². The minimum absolute atomic E-state index is 0.0824. The number of aromatic nitrogens is 2. The van der Waals surface area contributed by atoms with Crippen molar-refractivity contribution >= 4 is 23.5 Å². The van der Waals surface area contributed by atoms with Crippen LogP contribution in [0.1, 0.15) is 50.0 Å². The third-order valence-corrected chi connectivity index (χ3v) is 5.60. The number of fused-ring (bicyclic) bond motifs is 2. The van der Waals surface area contributed by atoms with Crippen molar-refractivity contribution in [1.29, 1.82) is 0 Å². The number of hydrogen-bond donors (Lipinski definition) is 3. The maximum atomic E-state index is 12.9. The first kappa shape index (κ1) is 18.4. The minimum Gasteiger partial charge on any atom is -0.481 e. The van der Waals surface area contributed by atoms with Crippen LogP contribution in [0.3, 0.4) is 0 Å². The average Bonchev–Trinajstić information content (AvgIpc) is 3.32. The Morgan fingerprint density at radius 2 is 1.92 bits per heavy atom. The van der Waals surface area contributed by atoms with Crippen LogP contribution >= 0.6 is 0 Å². The fraction of sp³-hybridized carbons (Fsp3) is 0.667. The molecule has 2 aliphatic carbocycles. The number of aliphatic carboxylic acids is 1. The van der Waals surface area contributed by atoms with E-state index in [-0.39, 0.29) is 29.3 Å². The molecule has 0 aromatic carbocycles. The van der Waals surface area contributed by atoms with Gasteiger partial charge in [0.15, 0.2) is 5.69 Å². The Morgan fingerprint density at radius 1 is 1.23 bits per heavy atom. The molecule has 2 saturated carbocycles. The lowest BCUT2D eigenvalue weighted by Gasteiger charge is -2.26. The van der Waals surface area contributed by atoms with E-state index < -0.39 is 17.8 Å². The van der Waals surface area contributed by atoms with Gasteiger partial charge in [0.2, 0.25) is 5.91 Å². The molecule has 2 amide bonds. The predicted octanol–water partition coefficient (Wildman–Crippen LogP) is 1.73. The number of nitrogens with zero attached hydrogens (tertiary/aromatic N) is 2. The van der Waals surface area contributed by atoms with E-state index >= 15 is 0 Å². The molecule has 26 heavy (non-hydrogen) atoms. The fourth-order valence-electron chi connectivity index (χ4n) is 4.40. The molecule has 0 spiro atoms. The van der Waals surface area contributed by atoms with Crippen molar-refractivity contribution in [1.82, 2.24) is 15.1 Å². The van der Waals surface area contributed by atoms with Crippen molar-refractivity contribution in [3.8, 4) is 0 Å². The van der Waals surface area contributed by atoms with Crippen LogP contribution in [0.5, 0.6) is 0 Å². The molecule has 2 bridgehead atoms. The van der Waals surface area contributed by atoms with Gasteiger partial charge in [-0.05, 0) is 44.4 Å². The normalized spacial score (nSPS) is 26.7. The smallest absolute Gasteiger partial charge is 0.307 e. The van der Waals surface area contributed by atoms with Crippen LogP contribution in [0.25, 0.3) is 0 Å². The molecule has 3 rings (SSSR count). The van der Waals surface area contributed by atoms with E-state index in [1.807, 2.05) is 13.8 Å². The summed E-state index contributed by atoms with van der Waals surface area (Å²) in [6.07, 6.45) is 5.00. The lowest BCUT2D eigenvalue weighted by atomic mass is 9.78. The highest BCUT2D eigenvalue weighted by Gasteiger charge is 2.54. The number of rotatable bonds is 7. The topological polar surface area (TPSA) is 113 Å². The maximum Gasteiger partial charge on any atom is 0.307 e. The molecule has 1 heterocycles. The number of aryl methyl sites for hydroxylation is 1. The lowest BCUT2D eigenvalue weighted by Crippen LogP contribution is -2.38. The molecule has 1 aromatic rings. The number of carboxylic acid groups (broad SMARTS) is 1. The second kappa shape index (κ2) is 7.47. The van der Waals surface area contributed by atoms with Crippen LogP contribution in [0.15, 0.2) is 6.20 Å². The molecule has 8 heteroatoms. The molecule has 0 saturated heterocycles. The van der Waals surface area contributed by atoms with E-state index in [9.17, 15) is 19.5 Å². The van der Waals surface area contributed by atoms with Crippen molar-refractivity contribution in [3.63, 3.8) is 0 Å². The van der Waals surface area contributed by atoms with Crippen LogP contribution < -0.4 is 10.6 Å². The second-order valence-electron chi connectivity index (χ2n) is 7.22. The molecule has 4 atom stereocenters. The number of anilines is 1. The maximum absolute atomic E-state index is 12.9. The minimum atomic E-state index is -0.900. The highest BCUT2D eigenvalue weighted by Crippen LogP contribution is 2.52. The third-order valence-electron chi connectivity index (χ3n) is 5.60. The highest BCUT2D eigenvalue weighted by molar-refractivity contribution is 6.03. The molecular formula is C18H26N4O4. The molecule has 0 unspecified atom stereocenters. The Morgan fingerprint density at radius 3 is 2.54 bits per heavy atom. The Hall–Kier alpha value is -2.38. The van der Waals surface area contributed by atoms with Crippen LogP contribution in [0.4, 0.5) is 5.69 Å². The van der Waals surface area contributed by atoms with Crippen LogP contribution in [0.2, 0.25) is 0 Å². The van der Waals surface area contributed by atoms with Crippen molar-refractivity contribution in [2.75, 3.05) is 11.9 Å². The summed E-state index contributed by atoms with van der Waals surface area (Å²) in [5.74, 6) is -2.53. The number of carbonyl (C=O) groups is 3. The SMILES string of the molecule is CCCNC(=O)c1nn(CC)cc1NC(=O)[C@H]1[C@H]2CC[C@@H](C2)[C@@H]1C(=O)O. The summed E-state index contributed by atoms with van der Waals surface area (Å²) < 4.78 is 1.59. The Labute approximate surface area is 152 Å². The molecule has 2 fully saturated rings. The zero-order valence-electron chi connectivity index (χ0n) is 15.2.